The zero-order valence-corrected chi connectivity index (χ0v) is 10.2. The number of carbonyl (C=O) groups excluding carboxylic acids is 2. The summed E-state index contributed by atoms with van der Waals surface area (Å²) in [7, 11) is 0. The summed E-state index contributed by atoms with van der Waals surface area (Å²) in [6.07, 6.45) is 2.30. The molecule has 0 bridgehead atoms. The zero-order chi connectivity index (χ0) is 13.1. The van der Waals surface area contributed by atoms with Crippen molar-refractivity contribution in [3.8, 4) is 0 Å². The van der Waals surface area contributed by atoms with Crippen LogP contribution in [-0.4, -0.2) is 34.8 Å². The number of primary amides is 1. The van der Waals surface area contributed by atoms with Gasteiger partial charge in [0.15, 0.2) is 5.69 Å². The Morgan fingerprint density at radius 3 is 3.00 bits per heavy atom. The molecule has 1 aromatic rings. The molecule has 0 aromatic carbocycles. The van der Waals surface area contributed by atoms with Gasteiger partial charge in [-0.25, -0.2) is 0 Å². The number of aryl methyl sites for hydroxylation is 1. The lowest BCUT2D eigenvalue weighted by molar-refractivity contribution is -0.119. The predicted molar refractivity (Wildman–Crippen MR) is 64.0 cm³/mol. The van der Waals surface area contributed by atoms with Gasteiger partial charge >= 0.3 is 0 Å². The number of nitrogens with one attached hydrogen (secondary N) is 1. The average molecular weight is 252 g/mol. The molecule has 1 aromatic heterocycles. The summed E-state index contributed by atoms with van der Waals surface area (Å²) < 4.78 is 6.70. The first-order valence-corrected chi connectivity index (χ1v) is 5.87. The lowest BCUT2D eigenvalue weighted by Crippen LogP contribution is -2.24. The lowest BCUT2D eigenvalue weighted by atomic mass is 10.1. The molecule has 1 atom stereocenters. The highest BCUT2D eigenvalue weighted by molar-refractivity contribution is 6.02. The molecule has 0 aliphatic carbocycles. The van der Waals surface area contributed by atoms with E-state index in [-0.39, 0.29) is 17.5 Å². The monoisotopic (exact) mass is 252 g/mol. The van der Waals surface area contributed by atoms with Crippen molar-refractivity contribution in [2.45, 2.75) is 19.9 Å². The van der Waals surface area contributed by atoms with Crippen molar-refractivity contribution in [2.24, 2.45) is 11.7 Å². The third-order valence-corrected chi connectivity index (χ3v) is 2.88. The third-order valence-electron chi connectivity index (χ3n) is 2.88. The van der Waals surface area contributed by atoms with Crippen LogP contribution in [0.5, 0.6) is 0 Å². The fourth-order valence-corrected chi connectivity index (χ4v) is 1.83. The van der Waals surface area contributed by atoms with Crippen LogP contribution in [0.1, 0.15) is 23.8 Å². The number of anilines is 1. The molecule has 7 heteroatoms. The van der Waals surface area contributed by atoms with Gasteiger partial charge in [0.2, 0.25) is 5.91 Å². The molecule has 1 fully saturated rings. The molecule has 0 saturated carbocycles. The van der Waals surface area contributed by atoms with Crippen LogP contribution in [0.2, 0.25) is 0 Å². The van der Waals surface area contributed by atoms with Gasteiger partial charge in [-0.3, -0.25) is 14.3 Å². The quantitative estimate of drug-likeness (QED) is 0.786. The van der Waals surface area contributed by atoms with Crippen molar-refractivity contribution in [3.63, 3.8) is 0 Å². The van der Waals surface area contributed by atoms with Crippen LogP contribution in [0.4, 0.5) is 5.69 Å². The first kappa shape index (κ1) is 12.6. The molecule has 1 aliphatic heterocycles. The van der Waals surface area contributed by atoms with E-state index in [1.54, 1.807) is 10.9 Å². The van der Waals surface area contributed by atoms with Gasteiger partial charge < -0.3 is 15.8 Å². The number of amides is 2. The topological polar surface area (TPSA) is 99.2 Å². The minimum absolute atomic E-state index is 0.0871. The second-order valence-corrected chi connectivity index (χ2v) is 4.16. The van der Waals surface area contributed by atoms with E-state index in [0.717, 1.165) is 0 Å². The minimum Gasteiger partial charge on any atom is -0.381 e. The second kappa shape index (κ2) is 5.18. The van der Waals surface area contributed by atoms with Crippen LogP contribution in [-0.2, 0) is 16.1 Å². The molecule has 2 amide bonds. The number of ether oxygens (including phenoxy) is 1. The van der Waals surface area contributed by atoms with Crippen molar-refractivity contribution in [1.29, 1.82) is 0 Å². The number of carbonyl (C=O) groups is 2. The Morgan fingerprint density at radius 2 is 2.44 bits per heavy atom. The normalized spacial score (nSPS) is 18.8. The largest absolute Gasteiger partial charge is 0.381 e. The molecule has 7 nitrogen and oxygen atoms in total. The number of hydrogen-bond donors (Lipinski definition) is 2. The molecule has 1 aliphatic rings. The van der Waals surface area contributed by atoms with E-state index < -0.39 is 5.91 Å². The molecular formula is C11H16N4O3. The lowest BCUT2D eigenvalue weighted by Gasteiger charge is -2.07. The standard InChI is InChI=1S/C11H16N4O3/c1-2-15-5-8(9(14-15)10(12)16)13-11(17)7-3-4-18-6-7/h5,7H,2-4,6H2,1H3,(H2,12,16)(H,13,17). The highest BCUT2D eigenvalue weighted by Gasteiger charge is 2.25. The fourth-order valence-electron chi connectivity index (χ4n) is 1.83. The highest BCUT2D eigenvalue weighted by Crippen LogP contribution is 2.18. The van der Waals surface area contributed by atoms with Crippen LogP contribution in [0.25, 0.3) is 0 Å². The molecule has 1 unspecified atom stereocenters. The Kier molecular flexibility index (Phi) is 3.61. The summed E-state index contributed by atoms with van der Waals surface area (Å²) in [5.41, 5.74) is 5.67. The molecular weight excluding hydrogens is 236 g/mol. The third kappa shape index (κ3) is 2.51. The Hall–Kier alpha value is -1.89. The predicted octanol–water partition coefficient (Wildman–Crippen LogP) is -0.0231. The van der Waals surface area contributed by atoms with Crippen LogP contribution >= 0.6 is 0 Å². The van der Waals surface area contributed by atoms with Gasteiger partial charge in [-0.15, -0.1) is 0 Å². The molecule has 0 spiro atoms. The van der Waals surface area contributed by atoms with E-state index in [9.17, 15) is 9.59 Å². The number of rotatable bonds is 4. The van der Waals surface area contributed by atoms with Gasteiger partial charge in [0.05, 0.1) is 18.2 Å². The van der Waals surface area contributed by atoms with Crippen molar-refractivity contribution in [3.05, 3.63) is 11.9 Å². The zero-order valence-electron chi connectivity index (χ0n) is 10.2. The number of nitrogens with zero attached hydrogens (tertiary/aromatic N) is 2. The molecule has 2 heterocycles. The van der Waals surface area contributed by atoms with E-state index >= 15 is 0 Å². The van der Waals surface area contributed by atoms with Crippen molar-refractivity contribution >= 4 is 17.5 Å². The molecule has 2 rings (SSSR count). The summed E-state index contributed by atoms with van der Waals surface area (Å²) in [6.45, 7) is 3.49. The highest BCUT2D eigenvalue weighted by atomic mass is 16.5. The first-order chi connectivity index (χ1) is 8.61. The van der Waals surface area contributed by atoms with Gasteiger partial charge in [-0.1, -0.05) is 0 Å². The molecule has 98 valence electrons. The van der Waals surface area contributed by atoms with E-state index in [2.05, 4.69) is 10.4 Å². The van der Waals surface area contributed by atoms with E-state index in [0.29, 0.717) is 31.9 Å². The summed E-state index contributed by atoms with van der Waals surface area (Å²) in [5.74, 6) is -0.985. The van der Waals surface area contributed by atoms with Gasteiger partial charge in [0, 0.05) is 19.3 Å². The second-order valence-electron chi connectivity index (χ2n) is 4.16. The van der Waals surface area contributed by atoms with E-state index in [4.69, 9.17) is 10.5 Å². The average Bonchev–Trinajstić information content (AvgIpc) is 2.97. The first-order valence-electron chi connectivity index (χ1n) is 5.87. The Balaban J connectivity index is 2.14. The fraction of sp³-hybridized carbons (Fsp3) is 0.545. The SMILES string of the molecule is CCn1cc(NC(=O)C2CCOC2)c(C(N)=O)n1. The number of nitrogens with two attached hydrogens (primary N) is 1. The van der Waals surface area contributed by atoms with E-state index in [1.165, 1.54) is 0 Å². The number of aromatic nitrogens is 2. The molecule has 0 radical (unpaired) electrons. The van der Waals surface area contributed by atoms with Gasteiger partial charge in [0.25, 0.3) is 5.91 Å². The Bertz CT molecular complexity index is 463. The Morgan fingerprint density at radius 1 is 1.67 bits per heavy atom. The van der Waals surface area contributed by atoms with Crippen LogP contribution < -0.4 is 11.1 Å². The smallest absolute Gasteiger partial charge is 0.271 e. The van der Waals surface area contributed by atoms with E-state index in [1.807, 2.05) is 6.92 Å². The summed E-state index contributed by atoms with van der Waals surface area (Å²) in [4.78, 5) is 23.1. The van der Waals surface area contributed by atoms with Gasteiger partial charge in [-0.05, 0) is 13.3 Å². The van der Waals surface area contributed by atoms with Crippen LogP contribution in [0.3, 0.4) is 0 Å². The number of hydrogen-bond acceptors (Lipinski definition) is 4. The van der Waals surface area contributed by atoms with Crippen molar-refractivity contribution in [2.75, 3.05) is 18.5 Å². The maximum Gasteiger partial charge on any atom is 0.271 e. The van der Waals surface area contributed by atoms with Gasteiger partial charge in [-0.2, -0.15) is 5.10 Å². The minimum atomic E-state index is -0.653. The molecule has 18 heavy (non-hydrogen) atoms. The summed E-state index contributed by atoms with van der Waals surface area (Å²) in [5, 5.41) is 6.69. The summed E-state index contributed by atoms with van der Waals surface area (Å²) in [6, 6.07) is 0. The summed E-state index contributed by atoms with van der Waals surface area (Å²) >= 11 is 0. The van der Waals surface area contributed by atoms with Crippen LogP contribution in [0, 0.1) is 5.92 Å². The van der Waals surface area contributed by atoms with Crippen molar-refractivity contribution < 1.29 is 14.3 Å². The van der Waals surface area contributed by atoms with Crippen molar-refractivity contribution in [1.82, 2.24) is 9.78 Å². The molecule has 3 N–H and O–H groups in total. The van der Waals surface area contributed by atoms with Gasteiger partial charge in [0.1, 0.15) is 0 Å². The van der Waals surface area contributed by atoms with Crippen LogP contribution in [0.15, 0.2) is 6.20 Å². The Labute approximate surface area is 104 Å². The maximum absolute atomic E-state index is 11.9. The maximum atomic E-state index is 11.9. The molecule has 1 saturated heterocycles.